The van der Waals surface area contributed by atoms with Crippen LogP contribution in [-0.4, -0.2) is 5.78 Å². The van der Waals surface area contributed by atoms with Gasteiger partial charge in [0.1, 0.15) is 0 Å². The minimum atomic E-state index is 0.275. The second-order valence-electron chi connectivity index (χ2n) is 7.37. The van der Waals surface area contributed by atoms with Crippen molar-refractivity contribution in [2.75, 3.05) is 0 Å². The monoisotopic (exact) mass is 280 g/mol. The molecule has 3 aliphatic carbocycles. The van der Waals surface area contributed by atoms with E-state index >= 15 is 0 Å². The fourth-order valence-electron chi connectivity index (χ4n) is 5.00. The summed E-state index contributed by atoms with van der Waals surface area (Å²) in [6, 6.07) is 6.56. The number of rotatable bonds is 3. The number of carbonyl (C=O) groups is 1. The molecule has 0 heterocycles. The van der Waals surface area contributed by atoms with E-state index in [0.29, 0.717) is 5.78 Å². The predicted molar refractivity (Wildman–Crippen MR) is 85.6 cm³/mol. The van der Waals surface area contributed by atoms with Crippen LogP contribution in [0.25, 0.3) is 0 Å². The molecule has 0 saturated heterocycles. The third-order valence-electron chi connectivity index (χ3n) is 6.02. The average molecular weight is 280 g/mol. The summed E-state index contributed by atoms with van der Waals surface area (Å²) in [5.41, 5.74) is 5.63. The lowest BCUT2D eigenvalue weighted by molar-refractivity contribution is 0.0822. The minimum absolute atomic E-state index is 0.275. The van der Waals surface area contributed by atoms with Crippen LogP contribution in [0.5, 0.6) is 0 Å². The average Bonchev–Trinajstić information content (AvgIpc) is 3.05. The standard InChI is InChI=1S/C20H24O/c1-2-3-5-15-6-4-7-16-12-20(13-18(21)19(15)16)11-14-8-9-17(20)10-14/h4,6-8,17H,2-3,5,9-13H2,1H3. The van der Waals surface area contributed by atoms with E-state index in [-0.39, 0.29) is 5.41 Å². The number of unbranched alkanes of at least 4 members (excludes halogenated alkanes) is 1. The summed E-state index contributed by atoms with van der Waals surface area (Å²) < 4.78 is 0. The second-order valence-corrected chi connectivity index (χ2v) is 7.37. The molecule has 1 nitrogen and oxygen atoms in total. The second kappa shape index (κ2) is 4.83. The normalized spacial score (nSPS) is 29.9. The van der Waals surface area contributed by atoms with E-state index in [1.807, 2.05) is 0 Å². The molecule has 2 bridgehead atoms. The first-order chi connectivity index (χ1) is 10.2. The van der Waals surface area contributed by atoms with Crippen LogP contribution in [0.1, 0.15) is 66.9 Å². The van der Waals surface area contributed by atoms with E-state index in [1.54, 1.807) is 5.57 Å². The van der Waals surface area contributed by atoms with Gasteiger partial charge in [-0.3, -0.25) is 4.79 Å². The van der Waals surface area contributed by atoms with Crippen molar-refractivity contribution in [1.82, 2.24) is 0 Å². The van der Waals surface area contributed by atoms with Gasteiger partial charge < -0.3 is 0 Å². The summed E-state index contributed by atoms with van der Waals surface area (Å²) in [5.74, 6) is 1.17. The first-order valence-electron chi connectivity index (χ1n) is 8.54. The molecule has 1 heteroatoms. The van der Waals surface area contributed by atoms with E-state index in [0.717, 1.165) is 30.7 Å². The van der Waals surface area contributed by atoms with E-state index in [4.69, 9.17) is 0 Å². The highest BCUT2D eigenvalue weighted by molar-refractivity contribution is 6.00. The Kier molecular flexibility index (Phi) is 3.06. The van der Waals surface area contributed by atoms with Crippen molar-refractivity contribution in [2.24, 2.45) is 11.3 Å². The Labute approximate surface area is 127 Å². The molecule has 3 aliphatic rings. The molecule has 21 heavy (non-hydrogen) atoms. The van der Waals surface area contributed by atoms with Crippen LogP contribution in [0.15, 0.2) is 29.8 Å². The fourth-order valence-corrected chi connectivity index (χ4v) is 5.00. The molecule has 1 fully saturated rings. The van der Waals surface area contributed by atoms with Gasteiger partial charge >= 0.3 is 0 Å². The van der Waals surface area contributed by atoms with Crippen LogP contribution in [0.3, 0.4) is 0 Å². The van der Waals surface area contributed by atoms with Crippen LogP contribution < -0.4 is 0 Å². The van der Waals surface area contributed by atoms with Crippen LogP contribution >= 0.6 is 0 Å². The van der Waals surface area contributed by atoms with Crippen LogP contribution in [-0.2, 0) is 12.8 Å². The van der Waals surface area contributed by atoms with Gasteiger partial charge in [0.25, 0.3) is 0 Å². The third kappa shape index (κ3) is 2.01. The Balaban J connectivity index is 1.70. The first-order valence-corrected chi connectivity index (χ1v) is 8.54. The summed E-state index contributed by atoms with van der Waals surface area (Å²) in [6.45, 7) is 2.22. The topological polar surface area (TPSA) is 17.1 Å². The molecule has 1 saturated carbocycles. The van der Waals surface area contributed by atoms with Gasteiger partial charge in [-0.05, 0) is 61.0 Å². The largest absolute Gasteiger partial charge is 0.294 e. The molecule has 2 unspecified atom stereocenters. The Bertz CT molecular complexity index is 625. The highest BCUT2D eigenvalue weighted by atomic mass is 16.1. The molecule has 1 spiro atoms. The van der Waals surface area contributed by atoms with E-state index < -0.39 is 0 Å². The number of carbonyl (C=O) groups excluding carboxylic acids is 1. The Hall–Kier alpha value is -1.37. The van der Waals surface area contributed by atoms with Gasteiger partial charge in [0.15, 0.2) is 5.78 Å². The van der Waals surface area contributed by atoms with Gasteiger partial charge in [-0.1, -0.05) is 43.2 Å². The summed E-state index contributed by atoms with van der Waals surface area (Å²) >= 11 is 0. The quantitative estimate of drug-likeness (QED) is 0.721. The van der Waals surface area contributed by atoms with Crippen LogP contribution in [0, 0.1) is 11.3 Å². The molecule has 110 valence electrons. The molecule has 0 aromatic heterocycles. The molecule has 1 aromatic carbocycles. The van der Waals surface area contributed by atoms with Crippen molar-refractivity contribution in [3.05, 3.63) is 46.5 Å². The molecule has 1 aromatic rings. The summed E-state index contributed by atoms with van der Waals surface area (Å²) in [7, 11) is 0. The van der Waals surface area contributed by atoms with E-state index in [2.05, 4.69) is 31.2 Å². The van der Waals surface area contributed by atoms with Crippen molar-refractivity contribution in [2.45, 2.75) is 58.3 Å². The van der Waals surface area contributed by atoms with Gasteiger partial charge in [-0.2, -0.15) is 0 Å². The number of fused-ring (bicyclic) bond motifs is 4. The lowest BCUT2D eigenvalue weighted by Gasteiger charge is -2.40. The zero-order valence-electron chi connectivity index (χ0n) is 13.0. The van der Waals surface area contributed by atoms with Crippen LogP contribution in [0.4, 0.5) is 0 Å². The zero-order valence-corrected chi connectivity index (χ0v) is 13.0. The van der Waals surface area contributed by atoms with Crippen LogP contribution in [0.2, 0.25) is 0 Å². The summed E-state index contributed by atoms with van der Waals surface area (Å²) in [6.07, 6.45) is 11.5. The van der Waals surface area contributed by atoms with Crippen molar-refractivity contribution in [1.29, 1.82) is 0 Å². The maximum absolute atomic E-state index is 12.9. The SMILES string of the molecule is CCCCc1cccc2c1C(=O)CC1(CC3=CCC1C3)C2. The van der Waals surface area contributed by atoms with Crippen molar-refractivity contribution >= 4 is 5.78 Å². The highest BCUT2D eigenvalue weighted by Gasteiger charge is 2.50. The Morgan fingerprint density at radius 3 is 2.86 bits per heavy atom. The third-order valence-corrected chi connectivity index (χ3v) is 6.02. The highest BCUT2D eigenvalue weighted by Crippen LogP contribution is 2.58. The smallest absolute Gasteiger partial charge is 0.164 e. The maximum Gasteiger partial charge on any atom is 0.164 e. The number of hydrogen-bond donors (Lipinski definition) is 0. The molecule has 4 rings (SSSR count). The van der Waals surface area contributed by atoms with Crippen molar-refractivity contribution in [3.63, 3.8) is 0 Å². The van der Waals surface area contributed by atoms with E-state index in [1.165, 1.54) is 43.2 Å². The predicted octanol–water partition coefficient (Wildman–Crippen LogP) is 4.88. The number of allylic oxidation sites excluding steroid dienone is 2. The Morgan fingerprint density at radius 1 is 1.24 bits per heavy atom. The minimum Gasteiger partial charge on any atom is -0.294 e. The molecular formula is C20H24O. The van der Waals surface area contributed by atoms with E-state index in [9.17, 15) is 4.79 Å². The van der Waals surface area contributed by atoms with Gasteiger partial charge in [0.2, 0.25) is 0 Å². The van der Waals surface area contributed by atoms with Gasteiger partial charge in [-0.25, -0.2) is 0 Å². The zero-order chi connectivity index (χ0) is 14.4. The summed E-state index contributed by atoms with van der Waals surface area (Å²) in [5, 5.41) is 0. The summed E-state index contributed by atoms with van der Waals surface area (Å²) in [4.78, 5) is 12.9. The van der Waals surface area contributed by atoms with Gasteiger partial charge in [0.05, 0.1) is 0 Å². The van der Waals surface area contributed by atoms with Crippen molar-refractivity contribution in [3.8, 4) is 0 Å². The molecule has 0 N–H and O–H groups in total. The number of hydrogen-bond acceptors (Lipinski definition) is 1. The number of Topliss-reactive ketones (excluding diaryl/α,β-unsaturated/α-hetero) is 1. The number of benzene rings is 1. The maximum atomic E-state index is 12.9. The fraction of sp³-hybridized carbons (Fsp3) is 0.550. The lowest BCUT2D eigenvalue weighted by atomic mass is 9.63. The molecule has 0 radical (unpaired) electrons. The molecular weight excluding hydrogens is 256 g/mol. The number of ketones is 1. The van der Waals surface area contributed by atoms with Gasteiger partial charge in [-0.15, -0.1) is 0 Å². The van der Waals surface area contributed by atoms with Crippen molar-refractivity contribution < 1.29 is 4.79 Å². The van der Waals surface area contributed by atoms with Gasteiger partial charge in [0, 0.05) is 12.0 Å². The first kappa shape index (κ1) is 13.3. The number of aryl methyl sites for hydroxylation is 1. The molecule has 2 atom stereocenters. The Morgan fingerprint density at radius 2 is 2.14 bits per heavy atom. The molecule has 0 aliphatic heterocycles. The lowest BCUT2D eigenvalue weighted by Crippen LogP contribution is -2.36. The molecule has 0 amide bonds.